The monoisotopic (exact) mass is 408 g/mol. The Bertz CT molecular complexity index is 684. The first-order valence-electron chi connectivity index (χ1n) is 10.4. The van der Waals surface area contributed by atoms with Crippen LogP contribution in [0, 0.1) is 17.8 Å². The van der Waals surface area contributed by atoms with Crippen LogP contribution in [0.2, 0.25) is 0 Å². The van der Waals surface area contributed by atoms with Gasteiger partial charge in [-0.1, -0.05) is 12.5 Å². The van der Waals surface area contributed by atoms with Gasteiger partial charge in [0.2, 0.25) is 5.91 Å². The Hall–Kier alpha value is -1.46. The summed E-state index contributed by atoms with van der Waals surface area (Å²) in [5, 5.41) is 0. The number of rotatable bonds is 4. The molecule has 3 fully saturated rings. The van der Waals surface area contributed by atoms with Gasteiger partial charge in [0.1, 0.15) is 0 Å². The third-order valence-corrected chi connectivity index (χ3v) is 7.09. The maximum atomic E-state index is 13.4. The average Bonchev–Trinajstić information content (AvgIpc) is 3.16. The number of fused-ring (bicyclic) bond motifs is 2. The largest absolute Gasteiger partial charge is 0.493 e. The molecule has 2 saturated carbocycles. The van der Waals surface area contributed by atoms with Gasteiger partial charge in [-0.05, 0) is 68.1 Å². The lowest BCUT2D eigenvalue weighted by molar-refractivity contribution is -0.139. The summed E-state index contributed by atoms with van der Waals surface area (Å²) < 4.78 is 10.8. The SMILES string of the molecule is COc1ccc(C2CCCN2C(=O)C2CC3CCCC(C2)C3N)cc1OC.Cl. The summed E-state index contributed by atoms with van der Waals surface area (Å²) >= 11 is 0. The first kappa shape index (κ1) is 21.3. The van der Waals surface area contributed by atoms with Crippen LogP contribution in [0.15, 0.2) is 18.2 Å². The minimum atomic E-state index is 0. The molecule has 6 heteroatoms. The summed E-state index contributed by atoms with van der Waals surface area (Å²) in [7, 11) is 3.30. The number of hydrogen-bond donors (Lipinski definition) is 1. The van der Waals surface area contributed by atoms with E-state index in [-0.39, 0.29) is 24.4 Å². The highest BCUT2D eigenvalue weighted by atomic mass is 35.5. The second-order valence-electron chi connectivity index (χ2n) is 8.50. The molecule has 3 atom stereocenters. The van der Waals surface area contributed by atoms with Crippen LogP contribution in [-0.2, 0) is 4.79 Å². The van der Waals surface area contributed by atoms with E-state index in [1.807, 2.05) is 12.1 Å². The molecule has 1 aromatic carbocycles. The highest BCUT2D eigenvalue weighted by molar-refractivity contribution is 5.85. The van der Waals surface area contributed by atoms with Gasteiger partial charge in [0.05, 0.1) is 20.3 Å². The molecule has 1 aromatic rings. The molecule has 28 heavy (non-hydrogen) atoms. The standard InChI is InChI=1S/C22H32N2O3.ClH/c1-26-19-9-8-14(13-20(19)27-2)18-7-4-10-24(18)22(25)17-11-15-5-3-6-16(12-17)21(15)23;/h8-9,13,15-18,21H,3-7,10-12,23H2,1-2H3;1H. The Morgan fingerprint density at radius 3 is 2.36 bits per heavy atom. The van der Waals surface area contributed by atoms with Crippen molar-refractivity contribution in [3.8, 4) is 11.5 Å². The minimum Gasteiger partial charge on any atom is -0.493 e. The molecule has 3 unspecified atom stereocenters. The molecule has 1 aliphatic heterocycles. The van der Waals surface area contributed by atoms with Gasteiger partial charge in [0, 0.05) is 18.5 Å². The van der Waals surface area contributed by atoms with E-state index in [0.717, 1.165) is 49.3 Å². The normalized spacial score (nSPS) is 31.8. The summed E-state index contributed by atoms with van der Waals surface area (Å²) in [6.07, 6.45) is 7.70. The molecule has 1 heterocycles. The number of ether oxygens (including phenoxy) is 2. The van der Waals surface area contributed by atoms with Crippen molar-refractivity contribution in [1.82, 2.24) is 4.90 Å². The quantitative estimate of drug-likeness (QED) is 0.819. The van der Waals surface area contributed by atoms with Crippen molar-refractivity contribution in [3.05, 3.63) is 23.8 Å². The van der Waals surface area contributed by atoms with Gasteiger partial charge in [0.15, 0.2) is 11.5 Å². The predicted molar refractivity (Wildman–Crippen MR) is 112 cm³/mol. The number of amides is 1. The third kappa shape index (κ3) is 3.84. The Kier molecular flexibility index (Phi) is 6.77. The zero-order valence-electron chi connectivity index (χ0n) is 16.9. The van der Waals surface area contributed by atoms with Crippen molar-refractivity contribution in [2.45, 2.75) is 57.0 Å². The van der Waals surface area contributed by atoms with Crippen LogP contribution in [0.3, 0.4) is 0 Å². The van der Waals surface area contributed by atoms with Crippen LogP contribution in [0.25, 0.3) is 0 Å². The van der Waals surface area contributed by atoms with Crippen molar-refractivity contribution in [1.29, 1.82) is 0 Å². The van der Waals surface area contributed by atoms with E-state index in [0.29, 0.717) is 23.8 Å². The number of halogens is 1. The van der Waals surface area contributed by atoms with Gasteiger partial charge in [-0.2, -0.15) is 0 Å². The molecular weight excluding hydrogens is 376 g/mol. The van der Waals surface area contributed by atoms with Crippen molar-refractivity contribution in [3.63, 3.8) is 0 Å². The molecule has 4 rings (SSSR count). The van der Waals surface area contributed by atoms with Gasteiger partial charge >= 0.3 is 0 Å². The fraction of sp³-hybridized carbons (Fsp3) is 0.682. The van der Waals surface area contributed by atoms with Crippen molar-refractivity contribution in [2.75, 3.05) is 20.8 Å². The summed E-state index contributed by atoms with van der Waals surface area (Å²) in [5.41, 5.74) is 7.57. The fourth-order valence-corrected chi connectivity index (χ4v) is 5.66. The number of hydrogen-bond acceptors (Lipinski definition) is 4. The van der Waals surface area contributed by atoms with Crippen LogP contribution in [0.1, 0.15) is 56.6 Å². The second-order valence-corrected chi connectivity index (χ2v) is 8.50. The Morgan fingerprint density at radius 2 is 1.71 bits per heavy atom. The van der Waals surface area contributed by atoms with Crippen LogP contribution in [-0.4, -0.2) is 37.6 Å². The molecule has 0 radical (unpaired) electrons. The lowest BCUT2D eigenvalue weighted by atomic mass is 9.65. The molecule has 0 aromatic heterocycles. The molecular formula is C22H33ClN2O3. The zero-order valence-corrected chi connectivity index (χ0v) is 17.7. The molecule has 1 amide bonds. The first-order chi connectivity index (χ1) is 13.1. The van der Waals surface area contributed by atoms with Crippen LogP contribution in [0.4, 0.5) is 0 Å². The van der Waals surface area contributed by atoms with E-state index in [4.69, 9.17) is 15.2 Å². The third-order valence-electron chi connectivity index (χ3n) is 7.09. The van der Waals surface area contributed by atoms with E-state index >= 15 is 0 Å². The van der Waals surface area contributed by atoms with E-state index in [2.05, 4.69) is 11.0 Å². The topological polar surface area (TPSA) is 64.8 Å². The summed E-state index contributed by atoms with van der Waals surface area (Å²) in [6, 6.07) is 6.50. The molecule has 3 aliphatic rings. The second kappa shape index (κ2) is 8.91. The summed E-state index contributed by atoms with van der Waals surface area (Å²) in [6.45, 7) is 0.857. The Balaban J connectivity index is 0.00000225. The van der Waals surface area contributed by atoms with Crippen molar-refractivity contribution >= 4 is 18.3 Å². The fourth-order valence-electron chi connectivity index (χ4n) is 5.66. The number of benzene rings is 1. The number of nitrogens with zero attached hydrogens (tertiary/aromatic N) is 1. The molecule has 2 aliphatic carbocycles. The molecule has 2 N–H and O–H groups in total. The Labute approximate surface area is 174 Å². The predicted octanol–water partition coefficient (Wildman–Crippen LogP) is 3.94. The van der Waals surface area contributed by atoms with Crippen LogP contribution in [0.5, 0.6) is 11.5 Å². The average molecular weight is 409 g/mol. The first-order valence-corrected chi connectivity index (χ1v) is 10.4. The van der Waals surface area contributed by atoms with Gasteiger partial charge in [0.25, 0.3) is 0 Å². The van der Waals surface area contributed by atoms with Gasteiger partial charge in [-0.3, -0.25) is 4.79 Å². The number of methoxy groups -OCH3 is 2. The highest BCUT2D eigenvalue weighted by Gasteiger charge is 2.43. The van der Waals surface area contributed by atoms with E-state index < -0.39 is 0 Å². The lowest BCUT2D eigenvalue weighted by Crippen LogP contribution is -2.49. The zero-order chi connectivity index (χ0) is 19.0. The summed E-state index contributed by atoms with van der Waals surface area (Å²) in [5.74, 6) is 3.03. The lowest BCUT2D eigenvalue weighted by Gasteiger charge is -2.44. The van der Waals surface area contributed by atoms with Crippen LogP contribution >= 0.6 is 12.4 Å². The smallest absolute Gasteiger partial charge is 0.226 e. The van der Waals surface area contributed by atoms with Crippen molar-refractivity contribution < 1.29 is 14.3 Å². The van der Waals surface area contributed by atoms with Crippen molar-refractivity contribution in [2.24, 2.45) is 23.5 Å². The van der Waals surface area contributed by atoms with E-state index in [1.54, 1.807) is 14.2 Å². The van der Waals surface area contributed by atoms with E-state index in [1.165, 1.54) is 19.3 Å². The molecule has 156 valence electrons. The number of carbonyl (C=O) groups is 1. The number of nitrogens with two attached hydrogens (primary N) is 1. The Morgan fingerprint density at radius 1 is 1.04 bits per heavy atom. The number of carbonyl (C=O) groups excluding carboxylic acids is 1. The maximum Gasteiger partial charge on any atom is 0.226 e. The van der Waals surface area contributed by atoms with E-state index in [9.17, 15) is 4.79 Å². The molecule has 1 saturated heterocycles. The molecule has 5 nitrogen and oxygen atoms in total. The highest BCUT2D eigenvalue weighted by Crippen LogP contribution is 2.44. The van der Waals surface area contributed by atoms with Gasteiger partial charge in [-0.15, -0.1) is 12.4 Å². The summed E-state index contributed by atoms with van der Waals surface area (Å²) in [4.78, 5) is 15.6. The number of likely N-dealkylation sites (tertiary alicyclic amines) is 1. The van der Waals surface area contributed by atoms with Gasteiger partial charge < -0.3 is 20.1 Å². The van der Waals surface area contributed by atoms with Gasteiger partial charge in [-0.25, -0.2) is 0 Å². The maximum absolute atomic E-state index is 13.4. The minimum absolute atomic E-state index is 0. The molecule has 2 bridgehead atoms. The molecule has 0 spiro atoms. The van der Waals surface area contributed by atoms with Crippen LogP contribution < -0.4 is 15.2 Å².